The number of rotatable bonds is 1. The molecule has 0 aliphatic heterocycles. The van der Waals surface area contributed by atoms with E-state index in [2.05, 4.69) is 0 Å². The van der Waals surface area contributed by atoms with Gasteiger partial charge in [-0.1, -0.05) is 6.92 Å². The summed E-state index contributed by atoms with van der Waals surface area (Å²) in [4.78, 5) is -0.486. The lowest BCUT2D eigenvalue weighted by Gasteiger charge is -2.09. The van der Waals surface area contributed by atoms with E-state index in [0.29, 0.717) is 0 Å². The lowest BCUT2D eigenvalue weighted by atomic mass is 10.3. The van der Waals surface area contributed by atoms with Crippen molar-refractivity contribution in [1.29, 1.82) is 0 Å². The van der Waals surface area contributed by atoms with Crippen molar-refractivity contribution in [3.63, 3.8) is 0 Å². The molecule has 1 unspecified atom stereocenters. The number of hydrogen-bond donors (Lipinski definition) is 1. The molecule has 0 amide bonds. The van der Waals surface area contributed by atoms with Gasteiger partial charge in [0, 0.05) is 0 Å². The Bertz CT molecular complexity index is 37.3. The van der Waals surface area contributed by atoms with E-state index >= 15 is 0 Å². The Morgan fingerprint density at radius 1 is 1.83 bits per heavy atom. The zero-order valence-electron chi connectivity index (χ0n) is 4.16. The van der Waals surface area contributed by atoms with Gasteiger partial charge in [-0.3, -0.25) is 0 Å². The zero-order chi connectivity index (χ0) is 5.21. The number of halogens is 1. The first-order valence-corrected chi connectivity index (χ1v) is 2.42. The third-order valence-corrected chi connectivity index (χ3v) is 0.959. The van der Waals surface area contributed by atoms with Crippen molar-refractivity contribution in [2.75, 3.05) is 0 Å². The van der Waals surface area contributed by atoms with Crippen LogP contribution in [0, 0.1) is 0 Å². The van der Waals surface area contributed by atoms with Crippen LogP contribution >= 0.6 is 11.6 Å². The van der Waals surface area contributed by atoms with E-state index in [9.17, 15) is 0 Å². The molecule has 0 saturated heterocycles. The molecule has 1 atom stereocenters. The Morgan fingerprint density at radius 3 is 2.00 bits per heavy atom. The minimum absolute atomic E-state index is 0.486. The van der Waals surface area contributed by atoms with Crippen molar-refractivity contribution in [3.8, 4) is 0 Å². The maximum absolute atomic E-state index is 5.50. The van der Waals surface area contributed by atoms with Gasteiger partial charge in [-0.15, -0.1) is 11.6 Å². The third-order valence-electron chi connectivity index (χ3n) is 0.691. The van der Waals surface area contributed by atoms with Gasteiger partial charge >= 0.3 is 0 Å². The second kappa shape index (κ2) is 1.80. The molecule has 0 radical (unpaired) electrons. The van der Waals surface area contributed by atoms with Gasteiger partial charge in [0.15, 0.2) is 0 Å². The molecule has 0 heterocycles. The second-order valence-corrected chi connectivity index (χ2v) is 2.50. The standard InChI is InChI=1S/C4H10ClN/c1-3-4(2,5)6/h3,6H2,1-2H3. The van der Waals surface area contributed by atoms with Crippen molar-refractivity contribution in [3.05, 3.63) is 0 Å². The predicted molar refractivity (Wildman–Crippen MR) is 28.7 cm³/mol. The smallest absolute Gasteiger partial charge is 0.0879 e. The van der Waals surface area contributed by atoms with E-state index in [1.54, 1.807) is 6.92 Å². The third kappa shape index (κ3) is 4.25. The van der Waals surface area contributed by atoms with Gasteiger partial charge in [0.2, 0.25) is 0 Å². The van der Waals surface area contributed by atoms with Crippen LogP contribution in [0.3, 0.4) is 0 Å². The van der Waals surface area contributed by atoms with Crippen molar-refractivity contribution in [1.82, 2.24) is 0 Å². The van der Waals surface area contributed by atoms with Gasteiger partial charge in [0.25, 0.3) is 0 Å². The van der Waals surface area contributed by atoms with E-state index in [4.69, 9.17) is 17.3 Å². The molecule has 0 aliphatic rings. The van der Waals surface area contributed by atoms with Crippen LogP contribution < -0.4 is 5.73 Å². The summed E-state index contributed by atoms with van der Waals surface area (Å²) in [6, 6.07) is 0. The number of hydrogen-bond acceptors (Lipinski definition) is 1. The molecule has 0 aromatic heterocycles. The van der Waals surface area contributed by atoms with Crippen LogP contribution in [0.1, 0.15) is 20.3 Å². The van der Waals surface area contributed by atoms with Crippen molar-refractivity contribution < 1.29 is 0 Å². The second-order valence-electron chi connectivity index (χ2n) is 1.63. The summed E-state index contributed by atoms with van der Waals surface area (Å²) in [5.41, 5.74) is 5.30. The lowest BCUT2D eigenvalue weighted by Crippen LogP contribution is -2.26. The summed E-state index contributed by atoms with van der Waals surface area (Å²) in [5.74, 6) is 0. The molecule has 0 aromatic carbocycles. The highest BCUT2D eigenvalue weighted by Gasteiger charge is 2.07. The van der Waals surface area contributed by atoms with Gasteiger partial charge < -0.3 is 5.73 Å². The van der Waals surface area contributed by atoms with Crippen molar-refractivity contribution >= 4 is 11.6 Å². The van der Waals surface area contributed by atoms with Crippen LogP contribution in [-0.2, 0) is 0 Å². The average Bonchev–Trinajstić information content (AvgIpc) is 1.35. The first-order chi connectivity index (χ1) is 2.56. The summed E-state index contributed by atoms with van der Waals surface area (Å²) in [6.07, 6.45) is 0.814. The fourth-order valence-corrected chi connectivity index (χ4v) is 0. The maximum Gasteiger partial charge on any atom is 0.0879 e. The summed E-state index contributed by atoms with van der Waals surface area (Å²) in [6.45, 7) is 3.74. The Labute approximate surface area is 43.5 Å². The molecule has 6 heavy (non-hydrogen) atoms. The van der Waals surface area contributed by atoms with Crippen LogP contribution in [-0.4, -0.2) is 5.00 Å². The van der Waals surface area contributed by atoms with Gasteiger partial charge in [-0.25, -0.2) is 0 Å². The van der Waals surface area contributed by atoms with Gasteiger partial charge in [0.1, 0.15) is 0 Å². The van der Waals surface area contributed by atoms with E-state index < -0.39 is 5.00 Å². The van der Waals surface area contributed by atoms with E-state index in [-0.39, 0.29) is 0 Å². The summed E-state index contributed by atoms with van der Waals surface area (Å²) in [5, 5.41) is 0. The molecule has 0 fully saturated rings. The van der Waals surface area contributed by atoms with Gasteiger partial charge in [-0.05, 0) is 13.3 Å². The Hall–Kier alpha value is 0.250. The molecule has 0 spiro atoms. The monoisotopic (exact) mass is 107 g/mol. The van der Waals surface area contributed by atoms with Crippen LogP contribution in [0.15, 0.2) is 0 Å². The molecule has 0 bridgehead atoms. The molecule has 0 rings (SSSR count). The minimum Gasteiger partial charge on any atom is -0.313 e. The van der Waals surface area contributed by atoms with Crippen molar-refractivity contribution in [2.24, 2.45) is 5.73 Å². The van der Waals surface area contributed by atoms with E-state index in [1.807, 2.05) is 6.92 Å². The van der Waals surface area contributed by atoms with Gasteiger partial charge in [0.05, 0.1) is 5.00 Å². The molecule has 2 heteroatoms. The summed E-state index contributed by atoms with van der Waals surface area (Å²) in [7, 11) is 0. The Morgan fingerprint density at radius 2 is 2.00 bits per heavy atom. The van der Waals surface area contributed by atoms with Crippen LogP contribution in [0.5, 0.6) is 0 Å². The SMILES string of the molecule is CCC(C)(N)Cl. The van der Waals surface area contributed by atoms with E-state index in [1.165, 1.54) is 0 Å². The molecule has 1 nitrogen and oxygen atoms in total. The quantitative estimate of drug-likeness (QED) is 0.397. The highest BCUT2D eigenvalue weighted by Crippen LogP contribution is 2.07. The molecule has 0 aliphatic carbocycles. The van der Waals surface area contributed by atoms with Crippen molar-refractivity contribution in [2.45, 2.75) is 25.3 Å². The molecule has 2 N–H and O–H groups in total. The maximum atomic E-state index is 5.50. The van der Waals surface area contributed by atoms with Crippen LogP contribution in [0.2, 0.25) is 0 Å². The topological polar surface area (TPSA) is 26.0 Å². The highest BCUT2D eigenvalue weighted by molar-refractivity contribution is 6.23. The average molecular weight is 108 g/mol. The number of nitrogens with two attached hydrogens (primary N) is 1. The first-order valence-electron chi connectivity index (χ1n) is 2.04. The summed E-state index contributed by atoms with van der Waals surface area (Å²) < 4.78 is 0. The molecule has 0 aromatic rings. The number of alkyl halides is 1. The normalized spacial score (nSPS) is 20.0. The minimum atomic E-state index is -0.486. The zero-order valence-corrected chi connectivity index (χ0v) is 4.92. The lowest BCUT2D eigenvalue weighted by molar-refractivity contribution is 0.638. The molecular formula is C4H10ClN. The fourth-order valence-electron chi connectivity index (χ4n) is 0. The fraction of sp³-hybridized carbons (Fsp3) is 1.00. The van der Waals surface area contributed by atoms with E-state index in [0.717, 1.165) is 6.42 Å². The molecule has 0 saturated carbocycles. The van der Waals surface area contributed by atoms with Crippen LogP contribution in [0.4, 0.5) is 0 Å². The Kier molecular flexibility index (Phi) is 1.88. The van der Waals surface area contributed by atoms with Gasteiger partial charge in [-0.2, -0.15) is 0 Å². The summed E-state index contributed by atoms with van der Waals surface area (Å²) >= 11 is 5.50. The first kappa shape index (κ1) is 6.25. The highest BCUT2D eigenvalue weighted by atomic mass is 35.5. The van der Waals surface area contributed by atoms with Crippen LogP contribution in [0.25, 0.3) is 0 Å². The molecule has 38 valence electrons. The Balaban J connectivity index is 3.17. The largest absolute Gasteiger partial charge is 0.313 e. The molecular weight excluding hydrogens is 97.5 g/mol. The predicted octanol–water partition coefficient (Wildman–Crippen LogP) is 1.31.